The minimum atomic E-state index is -0.772. The zero-order valence-corrected chi connectivity index (χ0v) is 10.3. The molecule has 0 saturated carbocycles. The maximum atomic E-state index is 13.6. The van der Waals surface area contributed by atoms with E-state index in [0.29, 0.717) is 22.3 Å². The Hall–Kier alpha value is -2.69. The summed E-state index contributed by atoms with van der Waals surface area (Å²) in [5.74, 6) is -1.13. The van der Waals surface area contributed by atoms with Crippen LogP contribution in [0, 0.1) is 11.6 Å². The van der Waals surface area contributed by atoms with Crippen LogP contribution in [0.5, 0.6) is 11.5 Å². The fraction of sp³-hybridized carbons (Fsp3) is 0. The van der Waals surface area contributed by atoms with Crippen LogP contribution in [-0.4, -0.2) is 4.98 Å². The molecule has 0 saturated heterocycles. The number of fused-ring (bicyclic) bond motifs is 1. The summed E-state index contributed by atoms with van der Waals surface area (Å²) in [5.41, 5.74) is 6.93. The molecule has 1 heterocycles. The SMILES string of the molecule is Nc1ccc(Oc2ccc(F)cc2F)c2ncccc12. The molecule has 0 aliphatic rings. The average Bonchev–Trinajstić information content (AvgIpc) is 2.45. The van der Waals surface area contributed by atoms with Gasteiger partial charge in [-0.2, -0.15) is 0 Å². The van der Waals surface area contributed by atoms with Gasteiger partial charge in [-0.25, -0.2) is 8.78 Å². The summed E-state index contributed by atoms with van der Waals surface area (Å²) in [6.07, 6.45) is 1.59. The third-order valence-corrected chi connectivity index (χ3v) is 2.88. The number of halogens is 2. The summed E-state index contributed by atoms with van der Waals surface area (Å²) in [7, 11) is 0. The number of hydrogen-bond donors (Lipinski definition) is 1. The molecule has 0 amide bonds. The van der Waals surface area contributed by atoms with Crippen molar-refractivity contribution < 1.29 is 13.5 Å². The van der Waals surface area contributed by atoms with E-state index in [4.69, 9.17) is 10.5 Å². The zero-order chi connectivity index (χ0) is 14.1. The number of nitrogens with zero attached hydrogens (tertiary/aromatic N) is 1. The van der Waals surface area contributed by atoms with Gasteiger partial charge in [0.05, 0.1) is 0 Å². The van der Waals surface area contributed by atoms with Gasteiger partial charge in [-0.1, -0.05) is 0 Å². The highest BCUT2D eigenvalue weighted by Crippen LogP contribution is 2.32. The first-order valence-corrected chi connectivity index (χ1v) is 5.91. The van der Waals surface area contributed by atoms with E-state index < -0.39 is 11.6 Å². The molecular weight excluding hydrogens is 262 g/mol. The van der Waals surface area contributed by atoms with Crippen LogP contribution in [0.3, 0.4) is 0 Å². The third-order valence-electron chi connectivity index (χ3n) is 2.88. The molecule has 0 radical (unpaired) electrons. The van der Waals surface area contributed by atoms with Gasteiger partial charge in [-0.05, 0) is 36.4 Å². The number of anilines is 1. The molecule has 1 aromatic heterocycles. The molecule has 100 valence electrons. The van der Waals surface area contributed by atoms with Gasteiger partial charge < -0.3 is 10.5 Å². The highest BCUT2D eigenvalue weighted by atomic mass is 19.1. The lowest BCUT2D eigenvalue weighted by Crippen LogP contribution is -1.94. The van der Waals surface area contributed by atoms with Crippen molar-refractivity contribution in [2.24, 2.45) is 0 Å². The summed E-state index contributed by atoms with van der Waals surface area (Å²) in [6, 6.07) is 9.93. The van der Waals surface area contributed by atoms with Crippen LogP contribution >= 0.6 is 0 Å². The van der Waals surface area contributed by atoms with E-state index >= 15 is 0 Å². The summed E-state index contributed by atoms with van der Waals surface area (Å²) >= 11 is 0. The highest BCUT2D eigenvalue weighted by molar-refractivity contribution is 5.94. The molecule has 3 rings (SSSR count). The van der Waals surface area contributed by atoms with Crippen LogP contribution in [0.25, 0.3) is 10.9 Å². The number of aromatic nitrogens is 1. The molecule has 2 aromatic carbocycles. The van der Waals surface area contributed by atoms with Crippen LogP contribution < -0.4 is 10.5 Å². The van der Waals surface area contributed by atoms with E-state index in [9.17, 15) is 8.78 Å². The lowest BCUT2D eigenvalue weighted by molar-refractivity contribution is 0.441. The standard InChI is InChI=1S/C15H10F2N2O/c16-9-3-5-13(11(17)8-9)20-14-6-4-12(18)10-2-1-7-19-15(10)14/h1-8H,18H2. The maximum Gasteiger partial charge on any atom is 0.168 e. The molecule has 0 aliphatic carbocycles. The summed E-state index contributed by atoms with van der Waals surface area (Å²) in [6.45, 7) is 0. The van der Waals surface area contributed by atoms with Crippen molar-refractivity contribution in [2.75, 3.05) is 5.73 Å². The Morgan fingerprint density at radius 2 is 1.80 bits per heavy atom. The summed E-state index contributed by atoms with van der Waals surface area (Å²) in [4.78, 5) is 4.18. The molecule has 0 aliphatic heterocycles. The molecule has 0 fully saturated rings. The Bertz CT molecular complexity index is 790. The van der Waals surface area contributed by atoms with Crippen LogP contribution in [0.15, 0.2) is 48.7 Å². The van der Waals surface area contributed by atoms with E-state index in [2.05, 4.69) is 4.98 Å². The minimum absolute atomic E-state index is 0.0666. The molecule has 3 aromatic rings. The molecule has 20 heavy (non-hydrogen) atoms. The predicted octanol–water partition coefficient (Wildman–Crippen LogP) is 3.89. The maximum absolute atomic E-state index is 13.6. The van der Waals surface area contributed by atoms with Gasteiger partial charge in [0, 0.05) is 23.3 Å². The Kier molecular flexibility index (Phi) is 2.95. The quantitative estimate of drug-likeness (QED) is 0.720. The fourth-order valence-corrected chi connectivity index (χ4v) is 1.93. The second kappa shape index (κ2) is 4.77. The van der Waals surface area contributed by atoms with Crippen LogP contribution in [0.2, 0.25) is 0 Å². The number of benzene rings is 2. The topological polar surface area (TPSA) is 48.1 Å². The Balaban J connectivity index is 2.09. The van der Waals surface area contributed by atoms with Crippen molar-refractivity contribution in [3.63, 3.8) is 0 Å². The first kappa shape index (κ1) is 12.3. The Labute approximate surface area is 113 Å². The van der Waals surface area contributed by atoms with E-state index in [1.807, 2.05) is 0 Å². The normalized spacial score (nSPS) is 10.7. The minimum Gasteiger partial charge on any atom is -0.452 e. The van der Waals surface area contributed by atoms with Crippen molar-refractivity contribution in [1.29, 1.82) is 0 Å². The van der Waals surface area contributed by atoms with Crippen LogP contribution in [0.4, 0.5) is 14.5 Å². The van der Waals surface area contributed by atoms with E-state index in [1.165, 1.54) is 6.07 Å². The molecule has 0 bridgehead atoms. The van der Waals surface area contributed by atoms with Gasteiger partial charge in [-0.3, -0.25) is 4.98 Å². The first-order valence-electron chi connectivity index (χ1n) is 5.91. The molecule has 0 unspecified atom stereocenters. The third kappa shape index (κ3) is 2.14. The molecule has 0 spiro atoms. The van der Waals surface area contributed by atoms with Crippen LogP contribution in [0.1, 0.15) is 0 Å². The van der Waals surface area contributed by atoms with E-state index in [1.54, 1.807) is 30.5 Å². The molecule has 3 nitrogen and oxygen atoms in total. The van der Waals surface area contributed by atoms with Gasteiger partial charge in [0.25, 0.3) is 0 Å². The lowest BCUT2D eigenvalue weighted by Gasteiger charge is -2.10. The number of ether oxygens (including phenoxy) is 1. The van der Waals surface area contributed by atoms with Crippen molar-refractivity contribution in [2.45, 2.75) is 0 Å². The molecule has 2 N–H and O–H groups in total. The highest BCUT2D eigenvalue weighted by Gasteiger charge is 2.10. The molecule has 5 heteroatoms. The largest absolute Gasteiger partial charge is 0.452 e. The fourth-order valence-electron chi connectivity index (χ4n) is 1.93. The second-order valence-corrected chi connectivity index (χ2v) is 4.23. The smallest absolute Gasteiger partial charge is 0.168 e. The number of nitrogens with two attached hydrogens (primary N) is 1. The van der Waals surface area contributed by atoms with Crippen LogP contribution in [-0.2, 0) is 0 Å². The second-order valence-electron chi connectivity index (χ2n) is 4.23. The number of pyridine rings is 1. The Morgan fingerprint density at radius 1 is 1.00 bits per heavy atom. The Morgan fingerprint density at radius 3 is 2.60 bits per heavy atom. The van der Waals surface area contributed by atoms with Crippen molar-refractivity contribution >= 4 is 16.6 Å². The van der Waals surface area contributed by atoms with Gasteiger partial charge in [0.15, 0.2) is 17.3 Å². The van der Waals surface area contributed by atoms with Gasteiger partial charge in [0.2, 0.25) is 0 Å². The zero-order valence-electron chi connectivity index (χ0n) is 10.3. The lowest BCUT2D eigenvalue weighted by atomic mass is 10.1. The predicted molar refractivity (Wildman–Crippen MR) is 72.6 cm³/mol. The van der Waals surface area contributed by atoms with Gasteiger partial charge in [0.1, 0.15) is 11.3 Å². The number of rotatable bonds is 2. The monoisotopic (exact) mass is 272 g/mol. The molecule has 0 atom stereocenters. The van der Waals surface area contributed by atoms with Gasteiger partial charge >= 0.3 is 0 Å². The average molecular weight is 272 g/mol. The first-order chi connectivity index (χ1) is 9.65. The van der Waals surface area contributed by atoms with Crippen molar-refractivity contribution in [3.8, 4) is 11.5 Å². The molecular formula is C15H10F2N2O. The number of nitrogen functional groups attached to an aromatic ring is 1. The van der Waals surface area contributed by atoms with Crippen molar-refractivity contribution in [1.82, 2.24) is 4.98 Å². The van der Waals surface area contributed by atoms with Gasteiger partial charge in [-0.15, -0.1) is 0 Å². The van der Waals surface area contributed by atoms with E-state index in [-0.39, 0.29) is 5.75 Å². The number of hydrogen-bond acceptors (Lipinski definition) is 3. The van der Waals surface area contributed by atoms with Crippen molar-refractivity contribution in [3.05, 3.63) is 60.3 Å². The summed E-state index contributed by atoms with van der Waals surface area (Å²) in [5, 5.41) is 0.715. The summed E-state index contributed by atoms with van der Waals surface area (Å²) < 4.78 is 31.9. The van der Waals surface area contributed by atoms with E-state index in [0.717, 1.165) is 12.1 Å².